The van der Waals surface area contributed by atoms with E-state index >= 15 is 0 Å². The van der Waals surface area contributed by atoms with E-state index in [-0.39, 0.29) is 12.1 Å². The van der Waals surface area contributed by atoms with Crippen molar-refractivity contribution in [2.45, 2.75) is 24.3 Å². The van der Waals surface area contributed by atoms with Crippen LogP contribution in [0.2, 0.25) is 0 Å². The van der Waals surface area contributed by atoms with Crippen LogP contribution in [0.1, 0.15) is 28.4 Å². The molecule has 3 aromatic carbocycles. The van der Waals surface area contributed by atoms with Crippen molar-refractivity contribution in [3.63, 3.8) is 0 Å². The predicted molar refractivity (Wildman–Crippen MR) is 136 cm³/mol. The van der Waals surface area contributed by atoms with E-state index in [1.807, 2.05) is 41.5 Å². The second kappa shape index (κ2) is 8.87. The predicted octanol–water partition coefficient (Wildman–Crippen LogP) is 6.39. The lowest BCUT2D eigenvalue weighted by Gasteiger charge is -2.36. The Labute approximate surface area is 198 Å². The normalized spacial score (nSPS) is 15.4. The van der Waals surface area contributed by atoms with Crippen molar-refractivity contribution in [3.05, 3.63) is 89.1 Å². The fourth-order valence-corrected chi connectivity index (χ4v) is 5.06. The number of amides is 2. The first-order chi connectivity index (χ1) is 16.1. The Hall–Kier alpha value is -3.38. The van der Waals surface area contributed by atoms with Crippen LogP contribution in [-0.4, -0.2) is 35.8 Å². The molecule has 1 aromatic heterocycles. The Morgan fingerprint density at radius 1 is 1.12 bits per heavy atom. The Bertz CT molecular complexity index is 1310. The largest absolute Gasteiger partial charge is 0.497 e. The first kappa shape index (κ1) is 21.5. The summed E-state index contributed by atoms with van der Waals surface area (Å²) >= 11 is 1.66. The first-order valence-electron chi connectivity index (χ1n) is 11.0. The highest BCUT2D eigenvalue weighted by Crippen LogP contribution is 2.39. The average molecular weight is 458 g/mol. The molecule has 0 saturated carbocycles. The molecule has 5 rings (SSSR count). The molecule has 33 heavy (non-hydrogen) atoms. The number of urea groups is 1. The van der Waals surface area contributed by atoms with Crippen LogP contribution in [0.4, 0.5) is 10.5 Å². The summed E-state index contributed by atoms with van der Waals surface area (Å²) in [5, 5.41) is 4.28. The summed E-state index contributed by atoms with van der Waals surface area (Å²) in [4.78, 5) is 20.2. The van der Waals surface area contributed by atoms with Crippen LogP contribution in [0.5, 0.6) is 5.75 Å². The van der Waals surface area contributed by atoms with Crippen LogP contribution in [0.15, 0.2) is 71.6 Å². The van der Waals surface area contributed by atoms with E-state index in [0.29, 0.717) is 6.54 Å². The Morgan fingerprint density at radius 2 is 1.94 bits per heavy atom. The van der Waals surface area contributed by atoms with E-state index < -0.39 is 0 Å². The molecule has 1 aliphatic heterocycles. The van der Waals surface area contributed by atoms with Gasteiger partial charge in [0.25, 0.3) is 0 Å². The molecule has 1 aliphatic rings. The minimum absolute atomic E-state index is 0.0966. The second-order valence-corrected chi connectivity index (χ2v) is 9.23. The number of fused-ring (bicyclic) bond motifs is 3. The molecule has 0 fully saturated rings. The lowest BCUT2D eigenvalue weighted by atomic mass is 9.92. The Morgan fingerprint density at radius 3 is 2.70 bits per heavy atom. The summed E-state index contributed by atoms with van der Waals surface area (Å²) in [5.41, 5.74) is 6.48. The third-order valence-corrected chi connectivity index (χ3v) is 7.03. The van der Waals surface area contributed by atoms with Gasteiger partial charge in [-0.1, -0.05) is 35.9 Å². The number of H-pyrrole nitrogens is 1. The van der Waals surface area contributed by atoms with Crippen LogP contribution >= 0.6 is 11.8 Å². The molecule has 1 atom stereocenters. The van der Waals surface area contributed by atoms with Crippen molar-refractivity contribution >= 4 is 34.4 Å². The average Bonchev–Trinajstić information content (AvgIpc) is 3.22. The number of methoxy groups -OCH3 is 1. The maximum Gasteiger partial charge on any atom is 0.322 e. The molecule has 0 radical (unpaired) electrons. The molecular weight excluding hydrogens is 430 g/mol. The topological polar surface area (TPSA) is 57.4 Å². The summed E-state index contributed by atoms with van der Waals surface area (Å²) in [5.74, 6) is 0.838. The monoisotopic (exact) mass is 457 g/mol. The van der Waals surface area contributed by atoms with Crippen molar-refractivity contribution in [2.24, 2.45) is 0 Å². The van der Waals surface area contributed by atoms with Gasteiger partial charge in [-0.3, -0.25) is 0 Å². The van der Waals surface area contributed by atoms with Crippen LogP contribution < -0.4 is 10.1 Å². The summed E-state index contributed by atoms with van der Waals surface area (Å²) < 4.78 is 5.46. The lowest BCUT2D eigenvalue weighted by molar-refractivity contribution is 0.193. The summed E-state index contributed by atoms with van der Waals surface area (Å²) in [7, 11) is 1.69. The highest BCUT2D eigenvalue weighted by atomic mass is 32.2. The molecule has 2 N–H and O–H groups in total. The number of nitrogens with one attached hydrogen (secondary N) is 2. The van der Waals surface area contributed by atoms with Crippen LogP contribution in [0.25, 0.3) is 10.9 Å². The van der Waals surface area contributed by atoms with Crippen LogP contribution in [0.3, 0.4) is 0 Å². The van der Waals surface area contributed by atoms with E-state index in [2.05, 4.69) is 53.6 Å². The number of benzene rings is 3. The third kappa shape index (κ3) is 4.07. The highest BCUT2D eigenvalue weighted by Gasteiger charge is 2.34. The number of hydrogen-bond donors (Lipinski definition) is 2. The van der Waals surface area contributed by atoms with E-state index in [0.717, 1.165) is 44.9 Å². The highest BCUT2D eigenvalue weighted by molar-refractivity contribution is 7.98. The Balaban J connectivity index is 1.56. The summed E-state index contributed by atoms with van der Waals surface area (Å²) in [6.07, 6.45) is 2.81. The number of carbonyl (C=O) groups is 1. The molecular formula is C27H27N3O2S. The number of aromatic nitrogens is 1. The molecule has 6 heteroatoms. The smallest absolute Gasteiger partial charge is 0.322 e. The van der Waals surface area contributed by atoms with Gasteiger partial charge in [0, 0.05) is 33.7 Å². The van der Waals surface area contributed by atoms with Crippen molar-refractivity contribution in [2.75, 3.05) is 25.2 Å². The lowest BCUT2D eigenvalue weighted by Crippen LogP contribution is -2.43. The van der Waals surface area contributed by atoms with Gasteiger partial charge in [0.15, 0.2) is 0 Å². The van der Waals surface area contributed by atoms with Crippen molar-refractivity contribution in [3.8, 4) is 5.75 Å². The van der Waals surface area contributed by atoms with Crippen LogP contribution in [-0.2, 0) is 6.42 Å². The maximum absolute atomic E-state index is 13.5. The van der Waals surface area contributed by atoms with Gasteiger partial charge in [-0.05, 0) is 67.1 Å². The minimum atomic E-state index is -0.198. The standard InChI is InChI=1S/C27H27N3O2S/c1-17-7-9-18(10-8-17)26-25-22(23-16-20(32-2)11-12-24(23)29-25)13-14-30(26)27(31)28-19-5-4-6-21(15-19)33-3/h4-12,15-16,26,29H,13-14H2,1-3H3,(H,28,31)/t26-/m1/s1. The number of carbonyl (C=O) groups excluding carboxylic acids is 1. The van der Waals surface area contributed by atoms with Gasteiger partial charge < -0.3 is 19.9 Å². The molecule has 0 spiro atoms. The van der Waals surface area contributed by atoms with Gasteiger partial charge in [-0.15, -0.1) is 11.8 Å². The van der Waals surface area contributed by atoms with Gasteiger partial charge in [-0.2, -0.15) is 0 Å². The molecule has 0 unspecified atom stereocenters. The van der Waals surface area contributed by atoms with Crippen molar-refractivity contribution in [1.82, 2.24) is 9.88 Å². The zero-order valence-electron chi connectivity index (χ0n) is 19.0. The summed E-state index contributed by atoms with van der Waals surface area (Å²) in [6.45, 7) is 2.71. The number of aromatic amines is 1. The number of hydrogen-bond acceptors (Lipinski definition) is 3. The molecule has 2 amide bonds. The Kier molecular flexibility index (Phi) is 5.77. The fourth-order valence-electron chi connectivity index (χ4n) is 4.60. The molecule has 0 aliphatic carbocycles. The van der Waals surface area contributed by atoms with E-state index in [1.54, 1.807) is 18.9 Å². The van der Waals surface area contributed by atoms with Gasteiger partial charge in [0.1, 0.15) is 5.75 Å². The minimum Gasteiger partial charge on any atom is -0.497 e. The maximum atomic E-state index is 13.5. The number of aryl methyl sites for hydroxylation is 1. The molecule has 168 valence electrons. The number of anilines is 1. The number of ether oxygens (including phenoxy) is 1. The van der Waals surface area contributed by atoms with Gasteiger partial charge in [0.05, 0.1) is 13.2 Å². The first-order valence-corrected chi connectivity index (χ1v) is 12.3. The van der Waals surface area contributed by atoms with Crippen molar-refractivity contribution in [1.29, 1.82) is 0 Å². The quantitative estimate of drug-likeness (QED) is 0.349. The number of rotatable bonds is 4. The summed E-state index contributed by atoms with van der Waals surface area (Å²) in [6, 6.07) is 22.2. The van der Waals surface area contributed by atoms with Crippen LogP contribution in [0, 0.1) is 6.92 Å². The van der Waals surface area contributed by atoms with E-state index in [9.17, 15) is 4.79 Å². The molecule has 0 bridgehead atoms. The number of nitrogens with zero attached hydrogens (tertiary/aromatic N) is 1. The third-order valence-electron chi connectivity index (χ3n) is 6.31. The van der Waals surface area contributed by atoms with E-state index in [1.165, 1.54) is 11.1 Å². The molecule has 4 aromatic rings. The molecule has 0 saturated heterocycles. The van der Waals surface area contributed by atoms with Gasteiger partial charge in [-0.25, -0.2) is 4.79 Å². The van der Waals surface area contributed by atoms with Gasteiger partial charge >= 0.3 is 6.03 Å². The van der Waals surface area contributed by atoms with Crippen molar-refractivity contribution < 1.29 is 9.53 Å². The fraction of sp³-hybridized carbons (Fsp3) is 0.222. The SMILES string of the molecule is COc1ccc2[nH]c3c(c2c1)CCN(C(=O)Nc1cccc(SC)c1)[C@@H]3c1ccc(C)cc1. The van der Waals surface area contributed by atoms with Gasteiger partial charge in [0.2, 0.25) is 0 Å². The zero-order chi connectivity index (χ0) is 22.9. The second-order valence-electron chi connectivity index (χ2n) is 8.35. The number of thioether (sulfide) groups is 1. The van der Waals surface area contributed by atoms with E-state index in [4.69, 9.17) is 4.74 Å². The molecule has 2 heterocycles. The zero-order valence-corrected chi connectivity index (χ0v) is 19.8. The molecule has 5 nitrogen and oxygen atoms in total.